The Labute approximate surface area is 213 Å². The van der Waals surface area contributed by atoms with Crippen LogP contribution in [0.3, 0.4) is 0 Å². The van der Waals surface area contributed by atoms with Gasteiger partial charge in [-0.3, -0.25) is 14.5 Å². The van der Waals surface area contributed by atoms with Gasteiger partial charge in [0.2, 0.25) is 5.91 Å². The molecule has 8 heteroatoms. The quantitative estimate of drug-likeness (QED) is 0.631. The van der Waals surface area contributed by atoms with Crippen LogP contribution in [-0.2, 0) is 16.1 Å². The number of hydrogen-bond acceptors (Lipinski definition) is 5. The molecule has 1 aliphatic heterocycles. The summed E-state index contributed by atoms with van der Waals surface area (Å²) < 4.78 is 25.9. The fourth-order valence-electron chi connectivity index (χ4n) is 4.47. The summed E-state index contributed by atoms with van der Waals surface area (Å²) in [4.78, 5) is 29.3. The van der Waals surface area contributed by atoms with Crippen molar-refractivity contribution in [1.82, 2.24) is 9.80 Å². The predicted octanol–water partition coefficient (Wildman–Crippen LogP) is 4.57. The van der Waals surface area contributed by atoms with E-state index in [9.17, 15) is 14.0 Å². The number of anilines is 1. The van der Waals surface area contributed by atoms with Gasteiger partial charge in [0.15, 0.2) is 0 Å². The first-order valence-electron chi connectivity index (χ1n) is 12.5. The number of nitrogens with one attached hydrogen (secondary N) is 1. The summed E-state index contributed by atoms with van der Waals surface area (Å²) in [6, 6.07) is 11.7. The number of methoxy groups -OCH3 is 1. The molecule has 1 aliphatic rings. The van der Waals surface area contributed by atoms with Gasteiger partial charge in [-0.15, -0.1) is 0 Å². The molecule has 2 aromatic rings. The standard InChI is InChI=1S/C28H38FN3O4/c1-6-8-27(33)30-23-11-12-24-25(14-23)36-18-20(3)32(16-21-9-7-10-22(29)13-21)15-19(2)26(35-5)17-31(4)28(24)34/h7,9-14,19-20,26H,6,8,15-18H2,1-5H3,(H,30,33)/t19-,20+,26+/m0/s1. The lowest BCUT2D eigenvalue weighted by Crippen LogP contribution is -2.46. The van der Waals surface area contributed by atoms with Crippen LogP contribution in [0.5, 0.6) is 5.75 Å². The van der Waals surface area contributed by atoms with Gasteiger partial charge in [-0.1, -0.05) is 26.0 Å². The zero-order valence-electron chi connectivity index (χ0n) is 21.9. The molecule has 2 amide bonds. The lowest BCUT2D eigenvalue weighted by molar-refractivity contribution is -0.116. The molecule has 0 saturated heterocycles. The van der Waals surface area contributed by atoms with Crippen molar-refractivity contribution in [3.63, 3.8) is 0 Å². The van der Waals surface area contributed by atoms with Gasteiger partial charge < -0.3 is 19.7 Å². The third-order valence-corrected chi connectivity index (χ3v) is 6.61. The minimum Gasteiger partial charge on any atom is -0.491 e. The summed E-state index contributed by atoms with van der Waals surface area (Å²) in [7, 11) is 3.41. The number of likely N-dealkylation sites (N-methyl/N-ethyl adjacent to an activating group) is 1. The molecule has 0 unspecified atom stereocenters. The number of rotatable bonds is 6. The number of halogens is 1. The average Bonchev–Trinajstić information content (AvgIpc) is 2.84. The number of hydrogen-bond donors (Lipinski definition) is 1. The minimum absolute atomic E-state index is 0.0355. The van der Waals surface area contributed by atoms with Crippen molar-refractivity contribution in [3.05, 3.63) is 59.4 Å². The van der Waals surface area contributed by atoms with E-state index in [2.05, 4.69) is 24.1 Å². The Balaban J connectivity index is 1.93. The Bertz CT molecular complexity index is 1050. The molecular formula is C28H38FN3O4. The highest BCUT2D eigenvalue weighted by molar-refractivity contribution is 5.98. The van der Waals surface area contributed by atoms with E-state index in [1.807, 2.05) is 13.0 Å². The largest absolute Gasteiger partial charge is 0.491 e. The van der Waals surface area contributed by atoms with E-state index in [4.69, 9.17) is 9.47 Å². The summed E-state index contributed by atoms with van der Waals surface area (Å²) in [5.74, 6) is 0.00836. The monoisotopic (exact) mass is 499 g/mol. The van der Waals surface area contributed by atoms with Gasteiger partial charge in [-0.2, -0.15) is 0 Å². The van der Waals surface area contributed by atoms with Crippen molar-refractivity contribution in [1.29, 1.82) is 0 Å². The molecule has 0 spiro atoms. The van der Waals surface area contributed by atoms with Crippen LogP contribution in [0.15, 0.2) is 42.5 Å². The van der Waals surface area contributed by atoms with E-state index in [0.29, 0.717) is 49.7 Å². The van der Waals surface area contributed by atoms with Crippen LogP contribution in [0.25, 0.3) is 0 Å². The van der Waals surface area contributed by atoms with Crippen LogP contribution in [0.1, 0.15) is 49.5 Å². The highest BCUT2D eigenvalue weighted by Gasteiger charge is 2.28. The van der Waals surface area contributed by atoms with Crippen LogP contribution in [0.2, 0.25) is 0 Å². The van der Waals surface area contributed by atoms with Crippen molar-refractivity contribution in [2.45, 2.75) is 52.3 Å². The second-order valence-electron chi connectivity index (χ2n) is 9.67. The Morgan fingerprint density at radius 2 is 1.97 bits per heavy atom. The first-order valence-corrected chi connectivity index (χ1v) is 12.5. The molecule has 0 saturated carbocycles. The van der Waals surface area contributed by atoms with Crippen LogP contribution >= 0.6 is 0 Å². The van der Waals surface area contributed by atoms with Crippen molar-refractivity contribution in [2.24, 2.45) is 5.92 Å². The highest BCUT2D eigenvalue weighted by atomic mass is 19.1. The number of carbonyl (C=O) groups excluding carboxylic acids is 2. The van der Waals surface area contributed by atoms with Crippen molar-refractivity contribution >= 4 is 17.5 Å². The van der Waals surface area contributed by atoms with Crippen LogP contribution in [0, 0.1) is 11.7 Å². The molecule has 3 atom stereocenters. The maximum absolute atomic E-state index is 13.9. The van der Waals surface area contributed by atoms with E-state index in [1.54, 1.807) is 49.4 Å². The topological polar surface area (TPSA) is 71.1 Å². The third-order valence-electron chi connectivity index (χ3n) is 6.61. The summed E-state index contributed by atoms with van der Waals surface area (Å²) in [6.07, 6.45) is 0.980. The minimum atomic E-state index is -0.264. The highest BCUT2D eigenvalue weighted by Crippen LogP contribution is 2.27. The average molecular weight is 500 g/mol. The maximum Gasteiger partial charge on any atom is 0.257 e. The molecule has 0 fully saturated rings. The fourth-order valence-corrected chi connectivity index (χ4v) is 4.47. The maximum atomic E-state index is 13.9. The second kappa shape index (κ2) is 12.8. The zero-order chi connectivity index (χ0) is 26.2. The van der Waals surface area contributed by atoms with E-state index in [1.165, 1.54) is 6.07 Å². The molecule has 3 rings (SSSR count). The molecule has 0 radical (unpaired) electrons. The lowest BCUT2D eigenvalue weighted by Gasteiger charge is -2.36. The lowest BCUT2D eigenvalue weighted by atomic mass is 10.0. The molecule has 1 N–H and O–H groups in total. The molecule has 0 bridgehead atoms. The van der Waals surface area contributed by atoms with E-state index < -0.39 is 0 Å². The van der Waals surface area contributed by atoms with E-state index in [-0.39, 0.29) is 35.7 Å². The van der Waals surface area contributed by atoms with E-state index in [0.717, 1.165) is 12.0 Å². The predicted molar refractivity (Wildman–Crippen MR) is 139 cm³/mol. The van der Waals surface area contributed by atoms with Crippen molar-refractivity contribution in [3.8, 4) is 5.75 Å². The Kier molecular flexibility index (Phi) is 9.84. The van der Waals surface area contributed by atoms with Crippen LogP contribution < -0.4 is 10.1 Å². The molecule has 0 aliphatic carbocycles. The smallest absolute Gasteiger partial charge is 0.257 e. The molecule has 7 nitrogen and oxygen atoms in total. The SMILES string of the molecule is CCCC(=O)Nc1ccc2c(c1)OC[C@@H](C)N(Cc1cccc(F)c1)C[C@H](C)[C@H](OC)CN(C)C2=O. The van der Waals surface area contributed by atoms with Gasteiger partial charge >= 0.3 is 0 Å². The molecule has 36 heavy (non-hydrogen) atoms. The number of ether oxygens (including phenoxy) is 2. The fraction of sp³-hybridized carbons (Fsp3) is 0.500. The normalized spacial score (nSPS) is 21.7. The second-order valence-corrected chi connectivity index (χ2v) is 9.67. The van der Waals surface area contributed by atoms with Gasteiger partial charge in [0.25, 0.3) is 5.91 Å². The number of nitrogens with zero attached hydrogens (tertiary/aromatic N) is 2. The summed E-state index contributed by atoms with van der Waals surface area (Å²) in [6.45, 7) is 8.06. The van der Waals surface area contributed by atoms with Gasteiger partial charge in [-0.25, -0.2) is 4.39 Å². The number of fused-ring (bicyclic) bond motifs is 1. The van der Waals surface area contributed by atoms with Gasteiger partial charge in [0, 0.05) is 58.0 Å². The Hall–Kier alpha value is -2.97. The molecule has 196 valence electrons. The van der Waals surface area contributed by atoms with E-state index >= 15 is 0 Å². The van der Waals surface area contributed by atoms with Gasteiger partial charge in [0.1, 0.15) is 18.2 Å². The zero-order valence-corrected chi connectivity index (χ0v) is 21.9. The van der Waals surface area contributed by atoms with Gasteiger partial charge in [-0.05, 0) is 49.1 Å². The van der Waals surface area contributed by atoms with Crippen molar-refractivity contribution < 1.29 is 23.5 Å². The Morgan fingerprint density at radius 3 is 2.67 bits per heavy atom. The van der Waals surface area contributed by atoms with Crippen LogP contribution in [0.4, 0.5) is 10.1 Å². The summed E-state index contributed by atoms with van der Waals surface area (Å²) in [5.41, 5.74) is 1.89. The van der Waals surface area contributed by atoms with Crippen molar-refractivity contribution in [2.75, 3.05) is 39.2 Å². The molecule has 0 aromatic heterocycles. The number of amides is 2. The summed E-state index contributed by atoms with van der Waals surface area (Å²) in [5, 5.41) is 2.88. The first kappa shape index (κ1) is 27.6. The third kappa shape index (κ3) is 7.27. The first-order chi connectivity index (χ1) is 17.2. The molecule has 1 heterocycles. The van der Waals surface area contributed by atoms with Crippen LogP contribution in [-0.4, -0.2) is 67.6 Å². The Morgan fingerprint density at radius 1 is 1.19 bits per heavy atom. The molecular weight excluding hydrogens is 461 g/mol. The number of benzene rings is 2. The summed E-state index contributed by atoms with van der Waals surface area (Å²) >= 11 is 0. The van der Waals surface area contributed by atoms with Gasteiger partial charge in [0.05, 0.1) is 11.7 Å². The molecule has 2 aromatic carbocycles. The number of carbonyl (C=O) groups is 2.